The van der Waals surface area contributed by atoms with Crippen molar-refractivity contribution < 1.29 is 19.4 Å². The van der Waals surface area contributed by atoms with Gasteiger partial charge in [-0.3, -0.25) is 9.78 Å². The minimum absolute atomic E-state index is 0.0643. The number of ether oxygens (including phenoxy) is 1. The molecule has 0 bridgehead atoms. The Hall–Kier alpha value is -2.83. The van der Waals surface area contributed by atoms with Crippen molar-refractivity contribution in [2.75, 3.05) is 0 Å². The van der Waals surface area contributed by atoms with Crippen molar-refractivity contribution in [2.45, 2.75) is 26.0 Å². The molecule has 0 spiro atoms. The molecule has 0 aliphatic carbocycles. The number of carboxylic acid groups (broad SMARTS) is 1. The van der Waals surface area contributed by atoms with Gasteiger partial charge in [-0.1, -0.05) is 47.5 Å². The van der Waals surface area contributed by atoms with Gasteiger partial charge in [-0.25, -0.2) is 4.79 Å². The van der Waals surface area contributed by atoms with Crippen LogP contribution in [-0.2, 0) is 11.4 Å². The first kappa shape index (κ1) is 20.9. The van der Waals surface area contributed by atoms with E-state index in [2.05, 4.69) is 10.3 Å². The number of aromatic nitrogens is 1. The van der Waals surface area contributed by atoms with Crippen LogP contribution >= 0.6 is 23.2 Å². The van der Waals surface area contributed by atoms with Crippen molar-refractivity contribution in [3.05, 3.63) is 70.0 Å². The lowest BCUT2D eigenvalue weighted by Gasteiger charge is -2.22. The molecule has 0 atom stereocenters. The summed E-state index contributed by atoms with van der Waals surface area (Å²) < 4.78 is 5.95. The van der Waals surface area contributed by atoms with Gasteiger partial charge in [0.05, 0.1) is 11.3 Å². The molecule has 2 N–H and O–H groups in total. The molecular formula is C21H18Cl2N2O4. The van der Waals surface area contributed by atoms with Gasteiger partial charge in [-0.05, 0) is 32.0 Å². The quantitative estimate of drug-likeness (QED) is 0.588. The van der Waals surface area contributed by atoms with Gasteiger partial charge >= 0.3 is 5.97 Å². The fourth-order valence-corrected chi connectivity index (χ4v) is 3.16. The second-order valence-corrected chi connectivity index (χ2v) is 7.76. The number of nitrogens with zero attached hydrogens (tertiary/aromatic N) is 1. The van der Waals surface area contributed by atoms with Crippen molar-refractivity contribution in [3.63, 3.8) is 0 Å². The molecule has 3 rings (SSSR count). The number of benzene rings is 2. The second kappa shape index (κ2) is 8.27. The maximum Gasteiger partial charge on any atom is 0.328 e. The number of halogens is 2. The predicted molar refractivity (Wildman–Crippen MR) is 112 cm³/mol. The highest BCUT2D eigenvalue weighted by Crippen LogP contribution is 2.36. The molecule has 0 aliphatic rings. The van der Waals surface area contributed by atoms with Gasteiger partial charge in [0.15, 0.2) is 0 Å². The van der Waals surface area contributed by atoms with E-state index < -0.39 is 17.4 Å². The average Bonchev–Trinajstić information content (AvgIpc) is 2.67. The van der Waals surface area contributed by atoms with E-state index >= 15 is 0 Å². The van der Waals surface area contributed by atoms with Crippen LogP contribution in [0.3, 0.4) is 0 Å². The summed E-state index contributed by atoms with van der Waals surface area (Å²) in [7, 11) is 0. The first-order valence-electron chi connectivity index (χ1n) is 8.69. The molecule has 2 aromatic carbocycles. The van der Waals surface area contributed by atoms with E-state index in [9.17, 15) is 14.7 Å². The Labute approximate surface area is 177 Å². The van der Waals surface area contributed by atoms with E-state index in [0.717, 1.165) is 0 Å². The fourth-order valence-electron chi connectivity index (χ4n) is 2.71. The van der Waals surface area contributed by atoms with E-state index in [1.54, 1.807) is 30.5 Å². The third-order valence-corrected chi connectivity index (χ3v) is 4.84. The number of aliphatic carboxylic acids is 1. The Morgan fingerprint density at radius 2 is 1.83 bits per heavy atom. The molecule has 0 saturated carbocycles. The zero-order valence-electron chi connectivity index (χ0n) is 15.7. The van der Waals surface area contributed by atoms with Crippen molar-refractivity contribution >= 4 is 45.9 Å². The molecule has 0 unspecified atom stereocenters. The summed E-state index contributed by atoms with van der Waals surface area (Å²) >= 11 is 12.4. The first-order chi connectivity index (χ1) is 13.7. The van der Waals surface area contributed by atoms with Gasteiger partial charge in [-0.2, -0.15) is 0 Å². The number of fused-ring (bicyclic) bond motifs is 1. The third kappa shape index (κ3) is 4.60. The molecule has 1 amide bonds. The Morgan fingerprint density at radius 3 is 2.48 bits per heavy atom. The summed E-state index contributed by atoms with van der Waals surface area (Å²) in [5.41, 5.74) is -0.764. The van der Waals surface area contributed by atoms with Crippen LogP contribution in [0.4, 0.5) is 0 Å². The number of hydrogen-bond acceptors (Lipinski definition) is 4. The molecule has 0 radical (unpaired) electrons. The van der Waals surface area contributed by atoms with Crippen molar-refractivity contribution in [3.8, 4) is 5.75 Å². The second-order valence-electron chi connectivity index (χ2n) is 6.92. The topological polar surface area (TPSA) is 88.5 Å². The van der Waals surface area contributed by atoms with E-state index in [0.29, 0.717) is 26.5 Å². The molecule has 6 nitrogen and oxygen atoms in total. The van der Waals surface area contributed by atoms with E-state index in [-0.39, 0.29) is 17.9 Å². The molecule has 3 aromatic rings. The van der Waals surface area contributed by atoms with Crippen molar-refractivity contribution in [1.29, 1.82) is 0 Å². The number of amides is 1. The molecule has 0 aliphatic heterocycles. The summed E-state index contributed by atoms with van der Waals surface area (Å²) in [6.07, 6.45) is 1.56. The predicted octanol–water partition coefficient (Wildman–Crippen LogP) is 4.71. The highest BCUT2D eigenvalue weighted by atomic mass is 35.5. The number of carbonyl (C=O) groups is 2. The van der Waals surface area contributed by atoms with Crippen LogP contribution in [0.2, 0.25) is 10.0 Å². The molecule has 29 heavy (non-hydrogen) atoms. The minimum Gasteiger partial charge on any atom is -0.486 e. The summed E-state index contributed by atoms with van der Waals surface area (Å²) in [5, 5.41) is 14.0. The van der Waals surface area contributed by atoms with Gasteiger partial charge < -0.3 is 15.2 Å². The SMILES string of the molecule is CC(C)(NC(=O)c1cc(Cl)c2ccccc2c1OCc1cc(Cl)ccn1)C(=O)O. The standard InChI is InChI=1S/C21H18Cl2N2O4/c1-21(2,20(27)28)25-19(26)16-10-17(23)14-5-3-4-6-15(14)18(16)29-11-13-9-12(22)7-8-24-13/h3-10H,11H2,1-2H3,(H,25,26)(H,27,28). The lowest BCUT2D eigenvalue weighted by Crippen LogP contribution is -2.49. The van der Waals surface area contributed by atoms with E-state index in [1.165, 1.54) is 19.9 Å². The molecule has 0 saturated heterocycles. The van der Waals surface area contributed by atoms with Crippen LogP contribution in [0.5, 0.6) is 5.75 Å². The zero-order chi connectivity index (χ0) is 21.2. The lowest BCUT2D eigenvalue weighted by molar-refractivity contribution is -0.143. The lowest BCUT2D eigenvalue weighted by atomic mass is 10.0. The molecule has 150 valence electrons. The molecule has 1 aromatic heterocycles. The molecule has 1 heterocycles. The molecule has 0 fully saturated rings. The van der Waals surface area contributed by atoms with Gasteiger partial charge in [0.2, 0.25) is 0 Å². The maximum atomic E-state index is 12.9. The van der Waals surface area contributed by atoms with Crippen LogP contribution in [0.15, 0.2) is 48.7 Å². The van der Waals surface area contributed by atoms with Gasteiger partial charge in [0.25, 0.3) is 5.91 Å². The van der Waals surface area contributed by atoms with Crippen LogP contribution in [0.25, 0.3) is 10.8 Å². The molecular weight excluding hydrogens is 415 g/mol. The summed E-state index contributed by atoms with van der Waals surface area (Å²) in [4.78, 5) is 28.5. The Bertz CT molecular complexity index is 1100. The molecule has 8 heteroatoms. The van der Waals surface area contributed by atoms with Crippen LogP contribution in [0.1, 0.15) is 29.9 Å². The van der Waals surface area contributed by atoms with Gasteiger partial charge in [0, 0.05) is 27.0 Å². The Morgan fingerprint density at radius 1 is 1.14 bits per heavy atom. The van der Waals surface area contributed by atoms with Crippen LogP contribution in [-0.4, -0.2) is 27.5 Å². The largest absolute Gasteiger partial charge is 0.486 e. The first-order valence-corrected chi connectivity index (χ1v) is 9.45. The normalized spacial score (nSPS) is 11.3. The fraction of sp³-hybridized carbons (Fsp3) is 0.190. The smallest absolute Gasteiger partial charge is 0.328 e. The van der Waals surface area contributed by atoms with E-state index in [1.807, 2.05) is 12.1 Å². The minimum atomic E-state index is -1.47. The highest BCUT2D eigenvalue weighted by Gasteiger charge is 2.31. The number of carboxylic acids is 1. The van der Waals surface area contributed by atoms with Gasteiger partial charge in [-0.15, -0.1) is 0 Å². The number of hydrogen-bond donors (Lipinski definition) is 2. The maximum absolute atomic E-state index is 12.9. The van der Waals surface area contributed by atoms with Crippen LogP contribution < -0.4 is 10.1 Å². The van der Waals surface area contributed by atoms with Gasteiger partial charge in [0.1, 0.15) is 17.9 Å². The number of carbonyl (C=O) groups excluding carboxylic acids is 1. The van der Waals surface area contributed by atoms with Crippen LogP contribution in [0, 0.1) is 0 Å². The number of nitrogens with one attached hydrogen (secondary N) is 1. The van der Waals surface area contributed by atoms with E-state index in [4.69, 9.17) is 27.9 Å². The summed E-state index contributed by atoms with van der Waals surface area (Å²) in [6.45, 7) is 2.85. The Balaban J connectivity index is 2.05. The average molecular weight is 433 g/mol. The zero-order valence-corrected chi connectivity index (χ0v) is 17.2. The highest BCUT2D eigenvalue weighted by molar-refractivity contribution is 6.36. The van der Waals surface area contributed by atoms with Crippen molar-refractivity contribution in [2.24, 2.45) is 0 Å². The summed E-state index contributed by atoms with van der Waals surface area (Å²) in [5.74, 6) is -1.49. The third-order valence-electron chi connectivity index (χ3n) is 4.29. The number of rotatable bonds is 6. The summed E-state index contributed by atoms with van der Waals surface area (Å²) in [6, 6.07) is 12.0. The monoisotopic (exact) mass is 432 g/mol. The van der Waals surface area contributed by atoms with Crippen molar-refractivity contribution in [1.82, 2.24) is 10.3 Å². The number of pyridine rings is 1. The Kier molecular flexibility index (Phi) is 5.96.